The highest BCUT2D eigenvalue weighted by Gasteiger charge is 2.77. The molecule has 4 heterocycles. The van der Waals surface area contributed by atoms with E-state index in [1.807, 2.05) is 36.4 Å². The Morgan fingerprint density at radius 2 is 1.93 bits per heavy atom. The van der Waals surface area contributed by atoms with Crippen LogP contribution in [0.15, 0.2) is 55.6 Å². The van der Waals surface area contributed by atoms with Crippen LogP contribution in [0.5, 0.6) is 0 Å². The summed E-state index contributed by atoms with van der Waals surface area (Å²) in [7, 11) is 0. The predicted octanol–water partition coefficient (Wildman–Crippen LogP) is 2.58. The minimum atomic E-state index is -1.23. The third-order valence-corrected chi connectivity index (χ3v) is 10.5. The van der Waals surface area contributed by atoms with Crippen LogP contribution in [-0.4, -0.2) is 125 Å². The first-order valence-corrected chi connectivity index (χ1v) is 17.0. The summed E-state index contributed by atoms with van der Waals surface area (Å²) in [5.74, 6) is -2.82. The fourth-order valence-electron chi connectivity index (χ4n) is 7.51. The smallest absolute Gasteiger partial charge is 0.312 e. The molecule has 4 aliphatic heterocycles. The van der Waals surface area contributed by atoms with Crippen molar-refractivity contribution in [3.05, 3.63) is 61.2 Å². The highest BCUT2D eigenvalue weighted by atomic mass is 79.9. The molecule has 2 amide bonds. The van der Waals surface area contributed by atoms with Crippen LogP contribution in [0.4, 0.5) is 0 Å². The van der Waals surface area contributed by atoms with Gasteiger partial charge in [0.05, 0.1) is 50.4 Å². The molecular weight excluding hydrogens is 642 g/mol. The van der Waals surface area contributed by atoms with Crippen molar-refractivity contribution in [2.75, 3.05) is 59.2 Å². The number of alkyl halides is 1. The lowest BCUT2D eigenvalue weighted by atomic mass is 9.70. The van der Waals surface area contributed by atoms with Crippen LogP contribution in [-0.2, 0) is 35.0 Å². The first-order chi connectivity index (χ1) is 21.9. The van der Waals surface area contributed by atoms with Crippen LogP contribution in [0.2, 0.25) is 0 Å². The van der Waals surface area contributed by atoms with Crippen molar-refractivity contribution >= 4 is 33.7 Å². The molecule has 246 valence electrons. The number of halogens is 1. The number of unbranched alkanes of at least 4 members (excludes halogenated alkanes) is 2. The van der Waals surface area contributed by atoms with Crippen molar-refractivity contribution in [1.82, 2.24) is 14.7 Å². The van der Waals surface area contributed by atoms with Gasteiger partial charge in [0.15, 0.2) is 0 Å². The number of carbonyl (C=O) groups is 3. The Labute approximate surface area is 274 Å². The summed E-state index contributed by atoms with van der Waals surface area (Å²) >= 11 is 3.73. The molecule has 2 bridgehead atoms. The standard InChI is InChI=1S/C34H46BrN3O7/c1-3-5-6-10-18-44-33(42)27-28-31(40)38(25(23-39)21-24-11-8-7-9-12-24)30(34(28)22-26(35)29(27)45-34)32(41)37(13-4-2)15-14-36-16-19-43-20-17-36/h3-4,7-9,11-12,25-30,39H,1-2,5-6,10,13-23H2/t25-,26?,27-,28+,29-,30?,34?/m1/s1. The van der Waals surface area contributed by atoms with Crippen molar-refractivity contribution in [2.24, 2.45) is 11.8 Å². The normalized spacial score (nSPS) is 29.8. The van der Waals surface area contributed by atoms with Crippen LogP contribution < -0.4 is 0 Å². The number of amides is 2. The molecular formula is C34H46BrN3O7. The maximum Gasteiger partial charge on any atom is 0.312 e. The number of fused-ring (bicyclic) bond motifs is 1. The summed E-state index contributed by atoms with van der Waals surface area (Å²) in [5, 5.41) is 10.7. The lowest BCUT2D eigenvalue weighted by Crippen LogP contribution is -2.60. The zero-order valence-electron chi connectivity index (χ0n) is 25.9. The molecule has 0 aromatic heterocycles. The van der Waals surface area contributed by atoms with Crippen molar-refractivity contribution < 1.29 is 33.7 Å². The molecule has 0 radical (unpaired) electrons. The van der Waals surface area contributed by atoms with E-state index in [0.717, 1.165) is 31.5 Å². The third kappa shape index (κ3) is 6.93. The molecule has 7 atom stereocenters. The third-order valence-electron chi connectivity index (χ3n) is 9.65. The summed E-state index contributed by atoms with van der Waals surface area (Å²) in [5.41, 5.74) is -0.304. The van der Waals surface area contributed by atoms with Crippen LogP contribution in [0.3, 0.4) is 0 Å². The number of hydrogen-bond donors (Lipinski definition) is 1. The summed E-state index contributed by atoms with van der Waals surface area (Å²) in [6.45, 7) is 11.8. The van der Waals surface area contributed by atoms with Crippen molar-refractivity contribution in [2.45, 2.75) is 60.7 Å². The molecule has 1 N–H and O–H groups in total. The molecule has 4 fully saturated rings. The largest absolute Gasteiger partial charge is 0.465 e. The van der Waals surface area contributed by atoms with Crippen LogP contribution >= 0.6 is 15.9 Å². The number of likely N-dealkylation sites (tertiary alicyclic amines) is 1. The number of aliphatic hydroxyl groups excluding tert-OH is 1. The van der Waals surface area contributed by atoms with Crippen LogP contribution in [0, 0.1) is 11.8 Å². The monoisotopic (exact) mass is 687 g/mol. The SMILES string of the molecule is C=CCCCCOC(=O)[C@H]1[C@@H]2OC3(CC2Br)C(C(=O)N(CC=C)CCN2CCOCC2)N([C@@H](CO)Cc2ccccc2)C(=O)[C@H]13. The molecule has 10 nitrogen and oxygen atoms in total. The number of hydrogen-bond acceptors (Lipinski definition) is 8. The van der Waals surface area contributed by atoms with E-state index in [1.54, 1.807) is 11.0 Å². The molecule has 4 aliphatic rings. The van der Waals surface area contributed by atoms with E-state index >= 15 is 0 Å². The topological polar surface area (TPSA) is 109 Å². The van der Waals surface area contributed by atoms with Gasteiger partial charge in [0, 0.05) is 37.6 Å². The Morgan fingerprint density at radius 1 is 1.18 bits per heavy atom. The number of allylic oxidation sites excluding steroid dienone is 1. The van der Waals surface area contributed by atoms with E-state index in [9.17, 15) is 19.5 Å². The van der Waals surface area contributed by atoms with Crippen molar-refractivity contribution in [1.29, 1.82) is 0 Å². The fraction of sp³-hybridized carbons (Fsp3) is 0.618. The van der Waals surface area contributed by atoms with E-state index in [2.05, 4.69) is 34.0 Å². The number of rotatable bonds is 16. The quantitative estimate of drug-likeness (QED) is 0.122. The van der Waals surface area contributed by atoms with E-state index in [1.165, 1.54) is 4.90 Å². The van der Waals surface area contributed by atoms with Gasteiger partial charge in [-0.3, -0.25) is 19.3 Å². The maximum atomic E-state index is 14.8. The molecule has 0 saturated carbocycles. The molecule has 0 aliphatic carbocycles. The van der Waals surface area contributed by atoms with Crippen molar-refractivity contribution in [3.8, 4) is 0 Å². The second kappa shape index (κ2) is 15.3. The summed E-state index contributed by atoms with van der Waals surface area (Å²) < 4.78 is 17.9. The number of esters is 1. The molecule has 1 aromatic rings. The number of benzene rings is 1. The number of ether oxygens (including phenoxy) is 3. The van der Waals surface area contributed by atoms with Gasteiger partial charge in [0.1, 0.15) is 11.6 Å². The maximum absolute atomic E-state index is 14.8. The zero-order valence-corrected chi connectivity index (χ0v) is 27.5. The number of nitrogens with zero attached hydrogens (tertiary/aromatic N) is 3. The Kier molecular flexibility index (Phi) is 11.5. The average molecular weight is 689 g/mol. The van der Waals surface area contributed by atoms with Gasteiger partial charge in [0.2, 0.25) is 11.8 Å². The van der Waals surface area contributed by atoms with Crippen LogP contribution in [0.1, 0.15) is 31.2 Å². The summed E-state index contributed by atoms with van der Waals surface area (Å²) in [4.78, 5) is 48.3. The summed E-state index contributed by atoms with van der Waals surface area (Å²) in [6, 6.07) is 7.89. The molecule has 1 aromatic carbocycles. The summed E-state index contributed by atoms with van der Waals surface area (Å²) in [6.07, 6.45) is 6.03. The first-order valence-electron chi connectivity index (χ1n) is 16.1. The highest BCUT2D eigenvalue weighted by molar-refractivity contribution is 9.09. The van der Waals surface area contributed by atoms with Gasteiger partial charge in [-0.05, 0) is 37.7 Å². The Balaban J connectivity index is 1.47. The van der Waals surface area contributed by atoms with E-state index < -0.39 is 41.6 Å². The van der Waals surface area contributed by atoms with E-state index in [4.69, 9.17) is 14.2 Å². The molecule has 11 heteroatoms. The van der Waals surface area contributed by atoms with Gasteiger partial charge >= 0.3 is 5.97 Å². The molecule has 4 saturated heterocycles. The predicted molar refractivity (Wildman–Crippen MR) is 173 cm³/mol. The second-order valence-electron chi connectivity index (χ2n) is 12.4. The number of morpholine rings is 1. The fourth-order valence-corrected chi connectivity index (χ4v) is 8.46. The van der Waals surface area contributed by atoms with Crippen molar-refractivity contribution in [3.63, 3.8) is 0 Å². The molecule has 45 heavy (non-hydrogen) atoms. The van der Waals surface area contributed by atoms with E-state index in [-0.39, 0.29) is 29.9 Å². The number of aliphatic hydroxyl groups is 1. The van der Waals surface area contributed by atoms with Gasteiger partial charge in [-0.15, -0.1) is 13.2 Å². The number of carbonyl (C=O) groups excluding carboxylic acids is 3. The Hall–Kier alpha value is -2.57. The lowest BCUT2D eigenvalue weighted by Gasteiger charge is -2.40. The van der Waals surface area contributed by atoms with Gasteiger partial charge in [-0.25, -0.2) is 0 Å². The van der Waals surface area contributed by atoms with Crippen LogP contribution in [0.25, 0.3) is 0 Å². The minimum Gasteiger partial charge on any atom is -0.465 e. The average Bonchev–Trinajstić information content (AvgIpc) is 3.65. The Morgan fingerprint density at radius 3 is 2.62 bits per heavy atom. The Bertz CT molecular complexity index is 1210. The van der Waals surface area contributed by atoms with Gasteiger partial charge in [-0.1, -0.05) is 58.4 Å². The van der Waals surface area contributed by atoms with Gasteiger partial charge in [-0.2, -0.15) is 0 Å². The highest BCUT2D eigenvalue weighted by Crippen LogP contribution is 2.60. The zero-order chi connectivity index (χ0) is 32.0. The minimum absolute atomic E-state index is 0.238. The van der Waals surface area contributed by atoms with Gasteiger partial charge in [0.25, 0.3) is 0 Å². The lowest BCUT2D eigenvalue weighted by molar-refractivity contribution is -0.156. The second-order valence-corrected chi connectivity index (χ2v) is 13.6. The molecule has 5 rings (SSSR count). The van der Waals surface area contributed by atoms with E-state index in [0.29, 0.717) is 52.1 Å². The molecule has 1 spiro atoms. The first kappa shape index (κ1) is 33.8. The molecule has 3 unspecified atom stereocenters. The van der Waals surface area contributed by atoms with Gasteiger partial charge < -0.3 is 29.1 Å².